The summed E-state index contributed by atoms with van der Waals surface area (Å²) in [5.74, 6) is 0.831. The molecule has 2 rings (SSSR count). The van der Waals surface area contributed by atoms with Crippen molar-refractivity contribution in [3.05, 3.63) is 46.0 Å². The van der Waals surface area contributed by atoms with Gasteiger partial charge in [0, 0.05) is 29.3 Å². The maximum Gasteiger partial charge on any atom is 0.141 e. The number of ether oxygens (including phenoxy) is 1. The Morgan fingerprint density at radius 1 is 1.30 bits per heavy atom. The Labute approximate surface area is 127 Å². The van der Waals surface area contributed by atoms with Crippen LogP contribution in [0.25, 0.3) is 0 Å². The zero-order valence-corrected chi connectivity index (χ0v) is 12.7. The van der Waals surface area contributed by atoms with Crippen LogP contribution in [0.3, 0.4) is 0 Å². The number of rotatable bonds is 7. The van der Waals surface area contributed by atoms with E-state index >= 15 is 0 Å². The first-order valence-corrected chi connectivity index (χ1v) is 6.97. The van der Waals surface area contributed by atoms with Crippen LogP contribution in [0, 0.1) is 0 Å². The van der Waals surface area contributed by atoms with E-state index in [0.717, 1.165) is 17.9 Å². The summed E-state index contributed by atoms with van der Waals surface area (Å²) in [5.41, 5.74) is 0.847. The van der Waals surface area contributed by atoms with Gasteiger partial charge in [0.25, 0.3) is 0 Å². The average Bonchev–Trinajstić information content (AvgIpc) is 2.87. The fourth-order valence-electron chi connectivity index (χ4n) is 1.76. The van der Waals surface area contributed by atoms with E-state index in [4.69, 9.17) is 27.9 Å². The second kappa shape index (κ2) is 7.59. The van der Waals surface area contributed by atoms with Crippen molar-refractivity contribution >= 4 is 23.2 Å². The van der Waals surface area contributed by atoms with Gasteiger partial charge in [0.15, 0.2) is 0 Å². The van der Waals surface area contributed by atoms with Gasteiger partial charge in [0.2, 0.25) is 0 Å². The van der Waals surface area contributed by atoms with E-state index in [1.807, 2.05) is 18.2 Å². The van der Waals surface area contributed by atoms with Gasteiger partial charge in [-0.05, 0) is 12.1 Å². The Morgan fingerprint density at radius 2 is 2.05 bits per heavy atom. The second-order valence-electron chi connectivity index (χ2n) is 4.20. The third kappa shape index (κ3) is 3.93. The lowest BCUT2D eigenvalue weighted by molar-refractivity contribution is 0.198. The summed E-state index contributed by atoms with van der Waals surface area (Å²) in [6, 6.07) is 5.45. The van der Waals surface area contributed by atoms with Crippen LogP contribution in [0.2, 0.25) is 10.0 Å². The maximum atomic E-state index is 6.17. The van der Waals surface area contributed by atoms with Gasteiger partial charge >= 0.3 is 0 Å². The largest absolute Gasteiger partial charge is 0.383 e. The summed E-state index contributed by atoms with van der Waals surface area (Å²) >= 11 is 12.3. The van der Waals surface area contributed by atoms with Crippen LogP contribution in [0.4, 0.5) is 0 Å². The molecule has 1 heterocycles. The molecule has 0 atom stereocenters. The topological polar surface area (TPSA) is 52.0 Å². The number of hydrogen-bond donors (Lipinski definition) is 1. The van der Waals surface area contributed by atoms with Crippen molar-refractivity contribution in [2.75, 3.05) is 20.3 Å². The van der Waals surface area contributed by atoms with Crippen molar-refractivity contribution < 1.29 is 4.74 Å². The van der Waals surface area contributed by atoms with Gasteiger partial charge in [-0.25, -0.2) is 9.67 Å². The molecule has 0 bridgehead atoms. The summed E-state index contributed by atoms with van der Waals surface area (Å²) in [4.78, 5) is 4.23. The molecular weight excluding hydrogens is 299 g/mol. The molecular formula is C13H16Cl2N4O. The highest BCUT2D eigenvalue weighted by atomic mass is 35.5. The third-order valence-electron chi connectivity index (χ3n) is 2.83. The number of methoxy groups -OCH3 is 1. The molecule has 0 aliphatic carbocycles. The van der Waals surface area contributed by atoms with Crippen LogP contribution in [0.1, 0.15) is 11.4 Å². The number of benzene rings is 1. The van der Waals surface area contributed by atoms with Crippen molar-refractivity contribution in [2.24, 2.45) is 0 Å². The Morgan fingerprint density at radius 3 is 2.75 bits per heavy atom. The minimum Gasteiger partial charge on any atom is -0.383 e. The van der Waals surface area contributed by atoms with Crippen LogP contribution in [-0.4, -0.2) is 35.0 Å². The molecule has 0 unspecified atom stereocenters. The number of nitrogens with one attached hydrogen (secondary N) is 1. The molecule has 1 aromatic carbocycles. The number of hydrogen-bond acceptors (Lipinski definition) is 4. The molecule has 5 nitrogen and oxygen atoms in total. The number of halogens is 2. The Balaban J connectivity index is 2.05. The smallest absolute Gasteiger partial charge is 0.141 e. The summed E-state index contributed by atoms with van der Waals surface area (Å²) in [6.07, 6.45) is 1.53. The summed E-state index contributed by atoms with van der Waals surface area (Å²) < 4.78 is 6.76. The summed E-state index contributed by atoms with van der Waals surface area (Å²) in [6.45, 7) is 2.53. The van der Waals surface area contributed by atoms with E-state index in [1.54, 1.807) is 11.8 Å². The molecule has 1 N–H and O–H groups in total. The first kappa shape index (κ1) is 15.3. The highest BCUT2D eigenvalue weighted by molar-refractivity contribution is 6.35. The van der Waals surface area contributed by atoms with Gasteiger partial charge in [-0.3, -0.25) is 0 Å². The van der Waals surface area contributed by atoms with Crippen molar-refractivity contribution in [2.45, 2.75) is 13.1 Å². The standard InChI is InChI=1S/C13H16Cl2N4O/c1-20-6-5-16-7-13-17-9-18-19(13)8-10-11(14)3-2-4-12(10)15/h2-4,9,16H,5-8H2,1H3. The molecule has 0 saturated carbocycles. The molecule has 108 valence electrons. The lowest BCUT2D eigenvalue weighted by Crippen LogP contribution is -2.21. The minimum atomic E-state index is 0.500. The molecule has 20 heavy (non-hydrogen) atoms. The first-order chi connectivity index (χ1) is 9.72. The van der Waals surface area contributed by atoms with Gasteiger partial charge in [0.1, 0.15) is 12.2 Å². The Bertz CT molecular complexity index is 539. The number of aromatic nitrogens is 3. The van der Waals surface area contributed by atoms with Crippen LogP contribution in [-0.2, 0) is 17.8 Å². The van der Waals surface area contributed by atoms with Crippen molar-refractivity contribution in [1.82, 2.24) is 20.1 Å². The lowest BCUT2D eigenvalue weighted by Gasteiger charge is -2.10. The van der Waals surface area contributed by atoms with Gasteiger partial charge in [-0.2, -0.15) is 5.10 Å². The molecule has 2 aromatic rings. The highest BCUT2D eigenvalue weighted by Gasteiger charge is 2.10. The van der Waals surface area contributed by atoms with Crippen molar-refractivity contribution in [3.63, 3.8) is 0 Å². The normalized spacial score (nSPS) is 10.9. The Hall–Kier alpha value is -1.14. The Kier molecular flexibility index (Phi) is 5.79. The zero-order valence-electron chi connectivity index (χ0n) is 11.1. The molecule has 1 aromatic heterocycles. The first-order valence-electron chi connectivity index (χ1n) is 6.21. The van der Waals surface area contributed by atoms with E-state index in [1.165, 1.54) is 6.33 Å². The third-order valence-corrected chi connectivity index (χ3v) is 3.54. The van der Waals surface area contributed by atoms with Crippen LogP contribution >= 0.6 is 23.2 Å². The molecule has 7 heteroatoms. The molecule has 0 aliphatic heterocycles. The van der Waals surface area contributed by atoms with Crippen molar-refractivity contribution in [3.8, 4) is 0 Å². The van der Waals surface area contributed by atoms with Crippen LogP contribution in [0.15, 0.2) is 24.5 Å². The van der Waals surface area contributed by atoms with Crippen LogP contribution < -0.4 is 5.32 Å². The van der Waals surface area contributed by atoms with Crippen LogP contribution in [0.5, 0.6) is 0 Å². The number of nitrogens with zero attached hydrogens (tertiary/aromatic N) is 3. The van der Waals surface area contributed by atoms with E-state index in [2.05, 4.69) is 15.4 Å². The average molecular weight is 315 g/mol. The van der Waals surface area contributed by atoms with Gasteiger partial charge in [-0.15, -0.1) is 0 Å². The quantitative estimate of drug-likeness (QED) is 0.797. The van der Waals surface area contributed by atoms with E-state index in [-0.39, 0.29) is 0 Å². The minimum absolute atomic E-state index is 0.500. The van der Waals surface area contributed by atoms with Gasteiger partial charge < -0.3 is 10.1 Å². The van der Waals surface area contributed by atoms with E-state index in [0.29, 0.717) is 29.7 Å². The lowest BCUT2D eigenvalue weighted by atomic mass is 10.2. The highest BCUT2D eigenvalue weighted by Crippen LogP contribution is 2.25. The monoisotopic (exact) mass is 314 g/mol. The molecule has 0 aliphatic rings. The SMILES string of the molecule is COCCNCc1ncnn1Cc1c(Cl)cccc1Cl. The zero-order chi connectivity index (χ0) is 14.4. The molecule has 0 radical (unpaired) electrons. The predicted octanol–water partition coefficient (Wildman–Crippen LogP) is 2.37. The fourth-order valence-corrected chi connectivity index (χ4v) is 2.28. The van der Waals surface area contributed by atoms with Gasteiger partial charge in [-0.1, -0.05) is 29.3 Å². The molecule has 0 amide bonds. The second-order valence-corrected chi connectivity index (χ2v) is 5.02. The summed E-state index contributed by atoms with van der Waals surface area (Å²) in [5, 5.41) is 8.70. The summed E-state index contributed by atoms with van der Waals surface area (Å²) in [7, 11) is 1.67. The fraction of sp³-hybridized carbons (Fsp3) is 0.385. The molecule has 0 fully saturated rings. The molecule has 0 spiro atoms. The molecule has 0 saturated heterocycles. The predicted molar refractivity (Wildman–Crippen MR) is 79.2 cm³/mol. The maximum absolute atomic E-state index is 6.17. The van der Waals surface area contributed by atoms with E-state index in [9.17, 15) is 0 Å². The van der Waals surface area contributed by atoms with E-state index < -0.39 is 0 Å². The van der Waals surface area contributed by atoms with Gasteiger partial charge in [0.05, 0.1) is 19.7 Å². The van der Waals surface area contributed by atoms with Crippen molar-refractivity contribution in [1.29, 1.82) is 0 Å².